The van der Waals surface area contributed by atoms with Gasteiger partial charge in [0.2, 0.25) is 0 Å². The van der Waals surface area contributed by atoms with Crippen LogP contribution in [0.3, 0.4) is 0 Å². The van der Waals surface area contributed by atoms with Gasteiger partial charge in [-0.25, -0.2) is 0 Å². The molecule has 17 heavy (non-hydrogen) atoms. The van der Waals surface area contributed by atoms with Crippen molar-refractivity contribution in [2.24, 2.45) is 0 Å². The van der Waals surface area contributed by atoms with Crippen LogP contribution in [0.1, 0.15) is 30.0 Å². The molecule has 0 atom stereocenters. The molecule has 94 valence electrons. The first-order chi connectivity index (χ1) is 8.19. The van der Waals surface area contributed by atoms with Gasteiger partial charge >= 0.3 is 5.97 Å². The number of carbonyl (C=O) groups excluding carboxylic acids is 1. The number of carbonyl (C=O) groups is 1. The van der Waals surface area contributed by atoms with Crippen molar-refractivity contribution in [2.75, 3.05) is 12.5 Å². The molecule has 1 rings (SSSR count). The van der Waals surface area contributed by atoms with Crippen molar-refractivity contribution in [3.8, 4) is 0 Å². The fraction of sp³-hybridized carbons (Fsp3) is 0.500. The summed E-state index contributed by atoms with van der Waals surface area (Å²) in [5.74, 6) is 0.506. The van der Waals surface area contributed by atoms with E-state index in [0.717, 1.165) is 18.4 Å². The van der Waals surface area contributed by atoms with E-state index in [-0.39, 0.29) is 5.97 Å². The van der Waals surface area contributed by atoms with Crippen LogP contribution in [0.4, 0.5) is 0 Å². The highest BCUT2D eigenvalue weighted by molar-refractivity contribution is 6.17. The van der Waals surface area contributed by atoms with Crippen LogP contribution in [-0.4, -0.2) is 18.5 Å². The molecule has 2 nitrogen and oxygen atoms in total. The number of alkyl halides is 1. The Labute approximate surface area is 108 Å². The van der Waals surface area contributed by atoms with Crippen LogP contribution in [0.25, 0.3) is 0 Å². The first-order valence-corrected chi connectivity index (χ1v) is 6.51. The van der Waals surface area contributed by atoms with Crippen LogP contribution in [0.15, 0.2) is 18.2 Å². The van der Waals surface area contributed by atoms with Crippen LogP contribution >= 0.6 is 11.6 Å². The highest BCUT2D eigenvalue weighted by Crippen LogP contribution is 2.16. The molecule has 0 aromatic heterocycles. The number of hydrogen-bond acceptors (Lipinski definition) is 2. The largest absolute Gasteiger partial charge is 0.466 e. The lowest BCUT2D eigenvalue weighted by Crippen LogP contribution is -2.09. The van der Waals surface area contributed by atoms with Crippen molar-refractivity contribution in [3.63, 3.8) is 0 Å². The molecule has 0 fully saturated rings. The van der Waals surface area contributed by atoms with Crippen molar-refractivity contribution in [3.05, 3.63) is 34.9 Å². The molecule has 0 N–H and O–H groups in total. The monoisotopic (exact) mass is 254 g/mol. The van der Waals surface area contributed by atoms with Crippen LogP contribution in [-0.2, 0) is 22.4 Å². The summed E-state index contributed by atoms with van der Waals surface area (Å²) in [6.07, 6.45) is 2.28. The third kappa shape index (κ3) is 4.39. The summed E-state index contributed by atoms with van der Waals surface area (Å²) in [7, 11) is 0. The van der Waals surface area contributed by atoms with Gasteiger partial charge < -0.3 is 4.74 Å². The van der Waals surface area contributed by atoms with Gasteiger partial charge in [0.05, 0.1) is 13.0 Å². The van der Waals surface area contributed by atoms with Gasteiger partial charge in [-0.15, -0.1) is 11.6 Å². The Bertz CT molecular complexity index is 374. The van der Waals surface area contributed by atoms with Crippen LogP contribution in [0.5, 0.6) is 0 Å². The van der Waals surface area contributed by atoms with E-state index >= 15 is 0 Å². The molecule has 0 saturated carbocycles. The van der Waals surface area contributed by atoms with E-state index in [1.807, 2.05) is 19.1 Å². The smallest absolute Gasteiger partial charge is 0.310 e. The minimum atomic E-state index is -0.162. The summed E-state index contributed by atoms with van der Waals surface area (Å²) in [6, 6.07) is 6.07. The number of ether oxygens (including phenoxy) is 1. The van der Waals surface area contributed by atoms with Gasteiger partial charge in [0.1, 0.15) is 0 Å². The lowest BCUT2D eigenvalue weighted by atomic mass is 9.97. The van der Waals surface area contributed by atoms with Crippen molar-refractivity contribution < 1.29 is 9.53 Å². The lowest BCUT2D eigenvalue weighted by molar-refractivity contribution is -0.142. The molecule has 3 heteroatoms. The fourth-order valence-electron chi connectivity index (χ4n) is 1.82. The normalized spacial score (nSPS) is 10.3. The minimum Gasteiger partial charge on any atom is -0.466 e. The average molecular weight is 255 g/mol. The summed E-state index contributed by atoms with van der Waals surface area (Å²) in [6.45, 7) is 4.31. The van der Waals surface area contributed by atoms with Crippen molar-refractivity contribution in [1.82, 2.24) is 0 Å². The number of aryl methyl sites for hydroxylation is 1. The fourth-order valence-corrected chi connectivity index (χ4v) is 1.96. The number of halogens is 1. The summed E-state index contributed by atoms with van der Waals surface area (Å²) < 4.78 is 4.96. The Morgan fingerprint density at radius 2 is 2.06 bits per heavy atom. The number of rotatable bonds is 6. The van der Waals surface area contributed by atoms with E-state index in [1.54, 1.807) is 0 Å². The summed E-state index contributed by atoms with van der Waals surface area (Å²) in [5, 5.41) is 0. The summed E-state index contributed by atoms with van der Waals surface area (Å²) in [5.41, 5.74) is 3.51. The SMILES string of the molecule is CCOC(=O)Cc1cccc(CCCCl)c1C. The van der Waals surface area contributed by atoms with Crippen LogP contribution < -0.4 is 0 Å². The zero-order chi connectivity index (χ0) is 12.7. The van der Waals surface area contributed by atoms with Gasteiger partial charge in [0.25, 0.3) is 0 Å². The molecule has 0 spiro atoms. The van der Waals surface area contributed by atoms with E-state index in [1.165, 1.54) is 11.1 Å². The average Bonchev–Trinajstić information content (AvgIpc) is 2.30. The molecular formula is C14H19ClO2. The molecule has 0 amide bonds. The maximum absolute atomic E-state index is 11.4. The molecule has 1 aromatic rings. The van der Waals surface area contributed by atoms with Crippen LogP contribution in [0.2, 0.25) is 0 Å². The lowest BCUT2D eigenvalue weighted by Gasteiger charge is -2.10. The first kappa shape index (κ1) is 14.0. The third-order valence-corrected chi connectivity index (χ3v) is 3.05. The van der Waals surface area contributed by atoms with Gasteiger partial charge in [-0.1, -0.05) is 18.2 Å². The van der Waals surface area contributed by atoms with E-state index in [0.29, 0.717) is 18.9 Å². The Balaban J connectivity index is 2.75. The molecule has 0 saturated heterocycles. The zero-order valence-electron chi connectivity index (χ0n) is 10.5. The van der Waals surface area contributed by atoms with Crippen molar-refractivity contribution >= 4 is 17.6 Å². The molecular weight excluding hydrogens is 236 g/mol. The quantitative estimate of drug-likeness (QED) is 0.575. The molecule has 0 radical (unpaired) electrons. The first-order valence-electron chi connectivity index (χ1n) is 5.98. The molecule has 0 aliphatic carbocycles. The van der Waals surface area contributed by atoms with Gasteiger partial charge in [0, 0.05) is 5.88 Å². The Hall–Kier alpha value is -1.02. The van der Waals surface area contributed by atoms with Crippen LogP contribution in [0, 0.1) is 6.92 Å². The second kappa shape index (κ2) is 7.33. The highest BCUT2D eigenvalue weighted by Gasteiger charge is 2.08. The predicted octanol–water partition coefficient (Wildman–Crippen LogP) is 3.27. The molecule has 0 aliphatic rings. The zero-order valence-corrected chi connectivity index (χ0v) is 11.2. The molecule has 0 bridgehead atoms. The molecule has 0 aliphatic heterocycles. The maximum atomic E-state index is 11.4. The Kier molecular flexibility index (Phi) is 6.06. The number of esters is 1. The van der Waals surface area contributed by atoms with Gasteiger partial charge in [-0.3, -0.25) is 4.79 Å². The standard InChI is InChI=1S/C14H19ClO2/c1-3-17-14(16)10-13-7-4-6-12(11(13)2)8-5-9-15/h4,6-7H,3,5,8-10H2,1-2H3. The molecule has 1 aromatic carbocycles. The number of benzene rings is 1. The summed E-state index contributed by atoms with van der Waals surface area (Å²) in [4.78, 5) is 11.4. The minimum absolute atomic E-state index is 0.162. The highest BCUT2D eigenvalue weighted by atomic mass is 35.5. The maximum Gasteiger partial charge on any atom is 0.310 e. The second-order valence-electron chi connectivity index (χ2n) is 3.98. The van der Waals surface area contributed by atoms with Crippen molar-refractivity contribution in [1.29, 1.82) is 0 Å². The topological polar surface area (TPSA) is 26.3 Å². The molecule has 0 heterocycles. The van der Waals surface area contributed by atoms with E-state index in [2.05, 4.69) is 13.0 Å². The van der Waals surface area contributed by atoms with Gasteiger partial charge in [-0.05, 0) is 43.4 Å². The van der Waals surface area contributed by atoms with Gasteiger partial charge in [0.15, 0.2) is 0 Å². The van der Waals surface area contributed by atoms with E-state index in [9.17, 15) is 4.79 Å². The predicted molar refractivity (Wildman–Crippen MR) is 70.6 cm³/mol. The number of hydrogen-bond donors (Lipinski definition) is 0. The summed E-state index contributed by atoms with van der Waals surface area (Å²) >= 11 is 5.70. The van der Waals surface area contributed by atoms with Crippen molar-refractivity contribution in [2.45, 2.75) is 33.1 Å². The second-order valence-corrected chi connectivity index (χ2v) is 4.35. The Morgan fingerprint density at radius 3 is 2.71 bits per heavy atom. The van der Waals surface area contributed by atoms with Gasteiger partial charge in [-0.2, -0.15) is 0 Å². The molecule has 0 unspecified atom stereocenters. The third-order valence-electron chi connectivity index (χ3n) is 2.78. The Morgan fingerprint density at radius 1 is 1.35 bits per heavy atom. The van der Waals surface area contributed by atoms with E-state index in [4.69, 9.17) is 16.3 Å². The van der Waals surface area contributed by atoms with E-state index < -0.39 is 0 Å².